The molecule has 136 valence electrons. The van der Waals surface area contributed by atoms with E-state index in [9.17, 15) is 0 Å². The zero-order valence-electron chi connectivity index (χ0n) is 15.1. The summed E-state index contributed by atoms with van der Waals surface area (Å²) >= 11 is 5.27. The molecule has 0 aliphatic rings. The second kappa shape index (κ2) is 9.50. The summed E-state index contributed by atoms with van der Waals surface area (Å²) in [6, 6.07) is 25.8. The molecule has 3 rings (SSSR count). The highest BCUT2D eigenvalue weighted by atomic mass is 32.1. The molecule has 0 aliphatic heterocycles. The lowest BCUT2D eigenvalue weighted by atomic mass is 10.2. The van der Waals surface area contributed by atoms with Crippen LogP contribution in [-0.4, -0.2) is 11.3 Å². The van der Waals surface area contributed by atoms with E-state index >= 15 is 0 Å². The Kier molecular flexibility index (Phi) is 6.55. The van der Waals surface area contributed by atoms with Crippen molar-refractivity contribution >= 4 is 29.2 Å². The smallest absolute Gasteiger partial charge is 0.191 e. The molecule has 0 spiro atoms. The van der Waals surface area contributed by atoms with Crippen LogP contribution in [0.4, 0.5) is 5.69 Å². The van der Waals surface area contributed by atoms with E-state index in [1.807, 2.05) is 85.8 Å². The Hall–Kier alpha value is -3.18. The minimum absolute atomic E-state index is 0.442. The van der Waals surface area contributed by atoms with Crippen molar-refractivity contribution in [3.8, 4) is 5.75 Å². The maximum atomic E-state index is 5.83. The fraction of sp³-hybridized carbons (Fsp3) is 0.0909. The summed E-state index contributed by atoms with van der Waals surface area (Å²) in [5.74, 6) is 0.795. The molecule has 0 unspecified atom stereocenters. The van der Waals surface area contributed by atoms with Gasteiger partial charge in [0.25, 0.3) is 0 Å². The molecule has 0 fully saturated rings. The van der Waals surface area contributed by atoms with Crippen molar-refractivity contribution in [2.45, 2.75) is 13.5 Å². The van der Waals surface area contributed by atoms with E-state index in [0.29, 0.717) is 11.7 Å². The summed E-state index contributed by atoms with van der Waals surface area (Å²) in [6.07, 6.45) is 1.71. The molecular formula is C22H21N3OS. The SMILES string of the molecule is Cc1ccccc1NC(=S)N/N=C/c1cccc(OCc2ccccc2)c1. The molecule has 0 amide bonds. The van der Waals surface area contributed by atoms with Gasteiger partial charge >= 0.3 is 0 Å². The van der Waals surface area contributed by atoms with E-state index in [4.69, 9.17) is 17.0 Å². The molecule has 0 atom stereocenters. The predicted octanol–water partition coefficient (Wildman–Crippen LogP) is 4.89. The average molecular weight is 375 g/mol. The summed E-state index contributed by atoms with van der Waals surface area (Å²) in [5.41, 5.74) is 6.97. The number of rotatable bonds is 6. The van der Waals surface area contributed by atoms with Gasteiger partial charge in [-0.1, -0.05) is 60.7 Å². The molecule has 27 heavy (non-hydrogen) atoms. The van der Waals surface area contributed by atoms with Crippen LogP contribution in [0.2, 0.25) is 0 Å². The molecule has 2 N–H and O–H groups in total. The summed E-state index contributed by atoms with van der Waals surface area (Å²) < 4.78 is 5.83. The fourth-order valence-electron chi connectivity index (χ4n) is 2.45. The first-order valence-electron chi connectivity index (χ1n) is 8.63. The van der Waals surface area contributed by atoms with Crippen LogP contribution in [0.1, 0.15) is 16.7 Å². The van der Waals surface area contributed by atoms with Crippen molar-refractivity contribution in [3.63, 3.8) is 0 Å². The highest BCUT2D eigenvalue weighted by Gasteiger charge is 1.99. The third-order valence-corrected chi connectivity index (χ3v) is 4.07. The van der Waals surface area contributed by atoms with Crippen LogP contribution in [0.3, 0.4) is 0 Å². The van der Waals surface area contributed by atoms with Gasteiger partial charge in [-0.25, -0.2) is 0 Å². The lowest BCUT2D eigenvalue weighted by Crippen LogP contribution is -2.24. The van der Waals surface area contributed by atoms with Crippen LogP contribution in [0.15, 0.2) is 84.0 Å². The van der Waals surface area contributed by atoms with E-state index in [0.717, 1.165) is 28.1 Å². The number of anilines is 1. The van der Waals surface area contributed by atoms with E-state index in [-0.39, 0.29) is 0 Å². The summed E-state index contributed by atoms with van der Waals surface area (Å²) in [7, 11) is 0. The normalized spacial score (nSPS) is 10.6. The summed E-state index contributed by atoms with van der Waals surface area (Å²) in [5, 5.41) is 7.76. The minimum Gasteiger partial charge on any atom is -0.489 e. The van der Waals surface area contributed by atoms with E-state index < -0.39 is 0 Å². The van der Waals surface area contributed by atoms with Gasteiger partial charge in [-0.05, 0) is 54.0 Å². The molecule has 3 aromatic rings. The summed E-state index contributed by atoms with van der Waals surface area (Å²) in [4.78, 5) is 0. The second-order valence-corrected chi connectivity index (χ2v) is 6.39. The molecular weight excluding hydrogens is 354 g/mol. The maximum Gasteiger partial charge on any atom is 0.191 e. The molecule has 5 heteroatoms. The predicted molar refractivity (Wildman–Crippen MR) is 115 cm³/mol. The number of hydrazone groups is 1. The number of nitrogens with one attached hydrogen (secondary N) is 2. The third kappa shape index (κ3) is 5.94. The highest BCUT2D eigenvalue weighted by molar-refractivity contribution is 7.80. The van der Waals surface area contributed by atoms with Crippen molar-refractivity contribution in [1.82, 2.24) is 5.43 Å². The molecule has 0 bridgehead atoms. The first-order valence-corrected chi connectivity index (χ1v) is 9.04. The quantitative estimate of drug-likeness (QED) is 0.366. The van der Waals surface area contributed by atoms with Gasteiger partial charge in [-0.2, -0.15) is 5.10 Å². The third-order valence-electron chi connectivity index (χ3n) is 3.88. The zero-order valence-corrected chi connectivity index (χ0v) is 15.9. The first kappa shape index (κ1) is 18.6. The van der Waals surface area contributed by atoms with Crippen molar-refractivity contribution in [2.24, 2.45) is 5.10 Å². The van der Waals surface area contributed by atoms with Gasteiger partial charge in [-0.3, -0.25) is 5.43 Å². The second-order valence-electron chi connectivity index (χ2n) is 5.99. The van der Waals surface area contributed by atoms with Gasteiger partial charge in [0.2, 0.25) is 0 Å². The fourth-order valence-corrected chi connectivity index (χ4v) is 2.62. The van der Waals surface area contributed by atoms with Crippen molar-refractivity contribution < 1.29 is 4.74 Å². The van der Waals surface area contributed by atoms with Crippen LogP contribution in [0.25, 0.3) is 0 Å². The highest BCUT2D eigenvalue weighted by Crippen LogP contribution is 2.14. The summed E-state index contributed by atoms with van der Waals surface area (Å²) in [6.45, 7) is 2.55. The Morgan fingerprint density at radius 3 is 2.59 bits per heavy atom. The van der Waals surface area contributed by atoms with Crippen LogP contribution in [0.5, 0.6) is 5.75 Å². The number of ether oxygens (including phenoxy) is 1. The monoisotopic (exact) mass is 375 g/mol. The first-order chi connectivity index (χ1) is 13.2. The van der Waals surface area contributed by atoms with E-state index in [1.165, 1.54) is 0 Å². The van der Waals surface area contributed by atoms with Crippen LogP contribution < -0.4 is 15.5 Å². The minimum atomic E-state index is 0.442. The van der Waals surface area contributed by atoms with E-state index in [1.54, 1.807) is 6.21 Å². The largest absolute Gasteiger partial charge is 0.489 e. The molecule has 0 heterocycles. The number of benzene rings is 3. The lowest BCUT2D eigenvalue weighted by molar-refractivity contribution is 0.306. The Bertz CT molecular complexity index is 926. The Labute approximate surface area is 164 Å². The van der Waals surface area contributed by atoms with Gasteiger partial charge < -0.3 is 10.1 Å². The standard InChI is InChI=1S/C22H21N3OS/c1-17-8-5-6-13-21(17)24-22(27)25-23-15-19-11-7-12-20(14-19)26-16-18-9-3-2-4-10-18/h2-15H,16H2,1H3,(H2,24,25,27)/b23-15+. The number of thiocarbonyl (C=S) groups is 1. The van der Waals surface area contributed by atoms with Gasteiger partial charge in [0.05, 0.1) is 6.21 Å². The number of hydrogen-bond donors (Lipinski definition) is 2. The van der Waals surface area contributed by atoms with Gasteiger partial charge in [0.1, 0.15) is 12.4 Å². The maximum absolute atomic E-state index is 5.83. The Balaban J connectivity index is 1.52. The molecule has 0 saturated heterocycles. The molecule has 0 aromatic heterocycles. The van der Waals surface area contributed by atoms with E-state index in [2.05, 4.69) is 15.8 Å². The number of para-hydroxylation sites is 1. The molecule has 0 saturated carbocycles. The van der Waals surface area contributed by atoms with Crippen LogP contribution in [-0.2, 0) is 6.61 Å². The van der Waals surface area contributed by atoms with Crippen molar-refractivity contribution in [1.29, 1.82) is 0 Å². The zero-order chi connectivity index (χ0) is 18.9. The number of nitrogens with zero attached hydrogens (tertiary/aromatic N) is 1. The molecule has 0 aliphatic carbocycles. The topological polar surface area (TPSA) is 45.7 Å². The van der Waals surface area contributed by atoms with Crippen LogP contribution in [0, 0.1) is 6.92 Å². The van der Waals surface area contributed by atoms with Gasteiger partial charge in [0.15, 0.2) is 5.11 Å². The van der Waals surface area contributed by atoms with Gasteiger partial charge in [-0.15, -0.1) is 0 Å². The average Bonchev–Trinajstić information content (AvgIpc) is 2.69. The molecule has 0 radical (unpaired) electrons. The van der Waals surface area contributed by atoms with Crippen molar-refractivity contribution in [2.75, 3.05) is 5.32 Å². The molecule has 4 nitrogen and oxygen atoms in total. The lowest BCUT2D eigenvalue weighted by Gasteiger charge is -2.09. The van der Waals surface area contributed by atoms with Gasteiger partial charge in [0, 0.05) is 5.69 Å². The van der Waals surface area contributed by atoms with Crippen LogP contribution >= 0.6 is 12.2 Å². The Morgan fingerprint density at radius 1 is 1.00 bits per heavy atom. The Morgan fingerprint density at radius 2 is 1.78 bits per heavy atom. The van der Waals surface area contributed by atoms with Crippen molar-refractivity contribution in [3.05, 3.63) is 95.6 Å². The molecule has 3 aromatic carbocycles. The number of hydrogen-bond acceptors (Lipinski definition) is 3. The number of aryl methyl sites for hydroxylation is 1.